The molecule has 1 aliphatic rings. The van der Waals surface area contributed by atoms with E-state index in [9.17, 15) is 4.79 Å². The summed E-state index contributed by atoms with van der Waals surface area (Å²) >= 11 is 0. The van der Waals surface area contributed by atoms with Gasteiger partial charge in [-0.2, -0.15) is 0 Å². The van der Waals surface area contributed by atoms with Crippen molar-refractivity contribution in [3.63, 3.8) is 0 Å². The second-order valence-electron chi connectivity index (χ2n) is 6.38. The topological polar surface area (TPSA) is 34.5 Å². The molecule has 1 aliphatic heterocycles. The van der Waals surface area contributed by atoms with E-state index in [0.29, 0.717) is 19.7 Å². The zero-order valence-electron chi connectivity index (χ0n) is 14.4. The first-order chi connectivity index (χ1) is 12.3. The van der Waals surface area contributed by atoms with Gasteiger partial charge in [-0.25, -0.2) is 4.79 Å². The Kier molecular flexibility index (Phi) is 4.18. The van der Waals surface area contributed by atoms with E-state index in [0.717, 1.165) is 13.0 Å². The molecule has 0 radical (unpaired) electrons. The van der Waals surface area contributed by atoms with Crippen molar-refractivity contribution in [2.24, 2.45) is 0 Å². The number of rotatable bonds is 3. The third kappa shape index (κ3) is 2.88. The van der Waals surface area contributed by atoms with Crippen molar-refractivity contribution in [1.29, 1.82) is 0 Å². The Bertz CT molecular complexity index is 899. The van der Waals surface area contributed by atoms with E-state index in [1.54, 1.807) is 0 Å². The largest absolute Gasteiger partial charge is 0.450 e. The van der Waals surface area contributed by atoms with Crippen molar-refractivity contribution in [2.75, 3.05) is 13.2 Å². The zero-order chi connectivity index (χ0) is 17.2. The van der Waals surface area contributed by atoms with E-state index >= 15 is 0 Å². The summed E-state index contributed by atoms with van der Waals surface area (Å²) in [7, 11) is 0. The summed E-state index contributed by atoms with van der Waals surface area (Å²) in [6, 6.07) is 19.0. The molecule has 2 heterocycles. The number of nitrogens with zero attached hydrogens (tertiary/aromatic N) is 2. The molecule has 4 rings (SSSR count). The van der Waals surface area contributed by atoms with Crippen molar-refractivity contribution < 1.29 is 9.53 Å². The van der Waals surface area contributed by atoms with Gasteiger partial charge in [0, 0.05) is 41.7 Å². The van der Waals surface area contributed by atoms with E-state index < -0.39 is 0 Å². The van der Waals surface area contributed by atoms with Gasteiger partial charge in [-0.05, 0) is 18.6 Å². The van der Waals surface area contributed by atoms with Crippen LogP contribution in [0.5, 0.6) is 0 Å². The van der Waals surface area contributed by atoms with Gasteiger partial charge in [-0.15, -0.1) is 0 Å². The lowest BCUT2D eigenvalue weighted by atomic mass is 10.0. The fourth-order valence-corrected chi connectivity index (χ4v) is 3.72. The van der Waals surface area contributed by atoms with Gasteiger partial charge in [-0.1, -0.05) is 48.5 Å². The van der Waals surface area contributed by atoms with Gasteiger partial charge in [0.05, 0.1) is 13.2 Å². The SMILES string of the molecule is CCOC(=O)N1CCc2c(c3ccccc3n2Cc2ccccc2)C1. The predicted molar refractivity (Wildman–Crippen MR) is 98.6 cm³/mol. The van der Waals surface area contributed by atoms with E-state index in [2.05, 4.69) is 53.1 Å². The number of fused-ring (bicyclic) bond motifs is 3. The molecule has 0 spiro atoms. The number of benzene rings is 2. The molecule has 128 valence electrons. The number of para-hydroxylation sites is 1. The summed E-state index contributed by atoms with van der Waals surface area (Å²) in [5.41, 5.74) is 5.12. The summed E-state index contributed by atoms with van der Waals surface area (Å²) in [4.78, 5) is 13.9. The minimum atomic E-state index is -0.215. The third-order valence-corrected chi connectivity index (χ3v) is 4.87. The fourth-order valence-electron chi connectivity index (χ4n) is 3.72. The fraction of sp³-hybridized carbons (Fsp3) is 0.286. The maximum Gasteiger partial charge on any atom is 0.410 e. The van der Waals surface area contributed by atoms with Crippen molar-refractivity contribution in [3.8, 4) is 0 Å². The van der Waals surface area contributed by atoms with Gasteiger partial charge in [-0.3, -0.25) is 0 Å². The quantitative estimate of drug-likeness (QED) is 0.719. The van der Waals surface area contributed by atoms with Crippen LogP contribution < -0.4 is 0 Å². The number of aromatic nitrogens is 1. The molecule has 3 aromatic rings. The molecule has 0 bridgehead atoms. The van der Waals surface area contributed by atoms with E-state index in [1.807, 2.05) is 17.9 Å². The van der Waals surface area contributed by atoms with Crippen molar-refractivity contribution >= 4 is 17.0 Å². The smallest absolute Gasteiger partial charge is 0.410 e. The van der Waals surface area contributed by atoms with Gasteiger partial charge < -0.3 is 14.2 Å². The molecular formula is C21H22N2O2. The lowest BCUT2D eigenvalue weighted by molar-refractivity contribution is 0.102. The number of hydrogen-bond donors (Lipinski definition) is 0. The summed E-state index contributed by atoms with van der Waals surface area (Å²) in [5.74, 6) is 0. The summed E-state index contributed by atoms with van der Waals surface area (Å²) in [6.45, 7) is 4.44. The second kappa shape index (κ2) is 6.63. The predicted octanol–water partition coefficient (Wildman–Crippen LogP) is 4.20. The summed E-state index contributed by atoms with van der Waals surface area (Å²) in [6.07, 6.45) is 0.642. The van der Waals surface area contributed by atoms with Crippen molar-refractivity contribution in [3.05, 3.63) is 71.4 Å². The molecule has 0 saturated carbocycles. The highest BCUT2D eigenvalue weighted by molar-refractivity contribution is 5.86. The standard InChI is InChI=1S/C21H22N2O2/c1-2-25-21(24)22-13-12-20-18(15-22)17-10-6-7-11-19(17)23(20)14-16-8-4-3-5-9-16/h3-11H,2,12-15H2,1H3. The first-order valence-electron chi connectivity index (χ1n) is 8.82. The Morgan fingerprint density at radius 1 is 1.08 bits per heavy atom. The van der Waals surface area contributed by atoms with Gasteiger partial charge in [0.15, 0.2) is 0 Å². The van der Waals surface area contributed by atoms with Crippen LogP contribution in [0, 0.1) is 0 Å². The molecule has 0 atom stereocenters. The Hall–Kier alpha value is -2.75. The molecule has 0 fully saturated rings. The number of carbonyl (C=O) groups is 1. The number of amides is 1. The Morgan fingerprint density at radius 3 is 2.64 bits per heavy atom. The van der Waals surface area contributed by atoms with Crippen LogP contribution in [0.25, 0.3) is 10.9 Å². The molecule has 0 saturated heterocycles. The lowest BCUT2D eigenvalue weighted by Crippen LogP contribution is -2.36. The highest BCUT2D eigenvalue weighted by Crippen LogP contribution is 2.31. The highest BCUT2D eigenvalue weighted by atomic mass is 16.6. The van der Waals surface area contributed by atoms with Crippen molar-refractivity contribution in [1.82, 2.24) is 9.47 Å². The van der Waals surface area contributed by atoms with Gasteiger partial charge in [0.2, 0.25) is 0 Å². The molecule has 4 heteroatoms. The minimum absolute atomic E-state index is 0.215. The Labute approximate surface area is 147 Å². The molecule has 0 aliphatic carbocycles. The first-order valence-corrected chi connectivity index (χ1v) is 8.82. The van der Waals surface area contributed by atoms with E-state index in [1.165, 1.54) is 27.7 Å². The molecule has 0 N–H and O–H groups in total. The summed E-state index contributed by atoms with van der Waals surface area (Å²) in [5, 5.41) is 1.24. The molecule has 2 aromatic carbocycles. The molecular weight excluding hydrogens is 312 g/mol. The summed E-state index contributed by atoms with van der Waals surface area (Å²) < 4.78 is 7.60. The highest BCUT2D eigenvalue weighted by Gasteiger charge is 2.27. The van der Waals surface area contributed by atoms with E-state index in [4.69, 9.17) is 4.74 Å². The van der Waals surface area contributed by atoms with Crippen LogP contribution in [0.3, 0.4) is 0 Å². The van der Waals surface area contributed by atoms with Crippen LogP contribution in [-0.2, 0) is 24.2 Å². The van der Waals surface area contributed by atoms with Crippen molar-refractivity contribution in [2.45, 2.75) is 26.4 Å². The maximum absolute atomic E-state index is 12.1. The second-order valence-corrected chi connectivity index (χ2v) is 6.38. The van der Waals surface area contributed by atoms with Crippen LogP contribution in [-0.4, -0.2) is 28.7 Å². The number of ether oxygens (including phenoxy) is 1. The third-order valence-electron chi connectivity index (χ3n) is 4.87. The van der Waals surface area contributed by atoms with Crippen LogP contribution in [0.1, 0.15) is 23.7 Å². The van der Waals surface area contributed by atoms with E-state index in [-0.39, 0.29) is 6.09 Å². The Balaban J connectivity index is 1.75. The first kappa shape index (κ1) is 15.8. The number of carbonyl (C=O) groups excluding carboxylic acids is 1. The van der Waals surface area contributed by atoms with Gasteiger partial charge >= 0.3 is 6.09 Å². The molecule has 25 heavy (non-hydrogen) atoms. The van der Waals surface area contributed by atoms with Crippen LogP contribution in [0.2, 0.25) is 0 Å². The average molecular weight is 334 g/mol. The van der Waals surface area contributed by atoms with Gasteiger partial charge in [0.1, 0.15) is 0 Å². The monoisotopic (exact) mass is 334 g/mol. The molecule has 4 nitrogen and oxygen atoms in total. The molecule has 1 aromatic heterocycles. The van der Waals surface area contributed by atoms with Crippen LogP contribution in [0.4, 0.5) is 4.79 Å². The zero-order valence-corrected chi connectivity index (χ0v) is 14.4. The maximum atomic E-state index is 12.1. The lowest BCUT2D eigenvalue weighted by Gasteiger charge is -2.27. The minimum Gasteiger partial charge on any atom is -0.450 e. The Morgan fingerprint density at radius 2 is 1.84 bits per heavy atom. The van der Waals surface area contributed by atoms with Crippen LogP contribution >= 0.6 is 0 Å². The van der Waals surface area contributed by atoms with Crippen LogP contribution in [0.15, 0.2) is 54.6 Å². The number of hydrogen-bond acceptors (Lipinski definition) is 2. The normalized spacial score (nSPS) is 13.7. The average Bonchev–Trinajstić information content (AvgIpc) is 2.96. The molecule has 1 amide bonds. The molecule has 0 unspecified atom stereocenters. The van der Waals surface area contributed by atoms with Gasteiger partial charge in [0.25, 0.3) is 0 Å².